The summed E-state index contributed by atoms with van der Waals surface area (Å²) < 4.78 is 0. The van der Waals surface area contributed by atoms with Crippen LogP contribution >= 0.6 is 11.8 Å². The fourth-order valence-electron chi connectivity index (χ4n) is 3.35. The van der Waals surface area contributed by atoms with Crippen LogP contribution in [0, 0.1) is 0 Å². The number of ketones is 1. The number of nitrogens with zero attached hydrogens (tertiary/aromatic N) is 2. The number of Topliss-reactive ketones (excluding diaryl/α,β-unsaturated/α-hetero) is 1. The van der Waals surface area contributed by atoms with Crippen molar-refractivity contribution < 1.29 is 9.59 Å². The summed E-state index contributed by atoms with van der Waals surface area (Å²) in [7, 11) is 4.05. The summed E-state index contributed by atoms with van der Waals surface area (Å²) in [6, 6.07) is 15.6. The molecule has 0 fully saturated rings. The van der Waals surface area contributed by atoms with E-state index in [0.29, 0.717) is 17.7 Å². The van der Waals surface area contributed by atoms with Crippen molar-refractivity contribution in [2.45, 2.75) is 32.4 Å². The molecule has 2 rings (SSSR count). The van der Waals surface area contributed by atoms with E-state index in [4.69, 9.17) is 0 Å². The molecular formula is C25H35N3O2S. The first-order valence-electron chi connectivity index (χ1n) is 10.9. The van der Waals surface area contributed by atoms with E-state index in [1.54, 1.807) is 24.3 Å². The van der Waals surface area contributed by atoms with Crippen LogP contribution in [0.5, 0.6) is 0 Å². The molecule has 0 saturated heterocycles. The lowest BCUT2D eigenvalue weighted by molar-refractivity contribution is -0.114. The SMILES string of the molecule is CCN(CC)CCSC(CC(=O)c1ccc(NC(C)=O)cc1)c1ccc(N(C)C)cc1. The smallest absolute Gasteiger partial charge is 0.221 e. The van der Waals surface area contributed by atoms with Crippen molar-refractivity contribution in [2.24, 2.45) is 0 Å². The Kier molecular flexibility index (Phi) is 10.1. The van der Waals surface area contributed by atoms with E-state index in [0.717, 1.165) is 31.1 Å². The van der Waals surface area contributed by atoms with Crippen LogP contribution < -0.4 is 10.2 Å². The van der Waals surface area contributed by atoms with Crippen molar-refractivity contribution >= 4 is 34.8 Å². The highest BCUT2D eigenvalue weighted by Gasteiger charge is 2.18. The van der Waals surface area contributed by atoms with Crippen LogP contribution in [-0.4, -0.2) is 56.1 Å². The van der Waals surface area contributed by atoms with Gasteiger partial charge in [0.2, 0.25) is 5.91 Å². The summed E-state index contributed by atoms with van der Waals surface area (Å²) in [5.41, 5.74) is 3.70. The van der Waals surface area contributed by atoms with E-state index in [-0.39, 0.29) is 16.9 Å². The first kappa shape index (κ1) is 25.0. The molecule has 2 aromatic carbocycles. The quantitative estimate of drug-likeness (QED) is 0.465. The summed E-state index contributed by atoms with van der Waals surface area (Å²) in [5, 5.41) is 2.84. The minimum absolute atomic E-state index is 0.106. The highest BCUT2D eigenvalue weighted by molar-refractivity contribution is 7.99. The zero-order chi connectivity index (χ0) is 22.8. The van der Waals surface area contributed by atoms with E-state index < -0.39 is 0 Å². The Morgan fingerprint density at radius 3 is 2.10 bits per heavy atom. The first-order chi connectivity index (χ1) is 14.8. The van der Waals surface area contributed by atoms with Crippen molar-refractivity contribution in [3.05, 3.63) is 59.7 Å². The summed E-state index contributed by atoms with van der Waals surface area (Å²) in [6.45, 7) is 8.93. The van der Waals surface area contributed by atoms with Gasteiger partial charge in [-0.05, 0) is 55.1 Å². The summed E-state index contributed by atoms with van der Waals surface area (Å²) in [5.74, 6) is 0.979. The number of anilines is 2. The molecular weight excluding hydrogens is 406 g/mol. The van der Waals surface area contributed by atoms with Gasteiger partial charge in [-0.15, -0.1) is 0 Å². The molecule has 0 radical (unpaired) electrons. The molecule has 0 saturated carbocycles. The normalized spacial score (nSPS) is 11.9. The van der Waals surface area contributed by atoms with Crippen LogP contribution in [0.2, 0.25) is 0 Å². The molecule has 1 amide bonds. The lowest BCUT2D eigenvalue weighted by Crippen LogP contribution is -2.25. The van der Waals surface area contributed by atoms with E-state index in [1.807, 2.05) is 25.9 Å². The van der Waals surface area contributed by atoms with Gasteiger partial charge >= 0.3 is 0 Å². The molecule has 0 bridgehead atoms. The topological polar surface area (TPSA) is 52.7 Å². The Labute approximate surface area is 191 Å². The van der Waals surface area contributed by atoms with Crippen LogP contribution in [-0.2, 0) is 4.79 Å². The van der Waals surface area contributed by atoms with E-state index in [9.17, 15) is 9.59 Å². The molecule has 0 heterocycles. The van der Waals surface area contributed by atoms with Gasteiger partial charge in [-0.2, -0.15) is 11.8 Å². The minimum atomic E-state index is -0.120. The monoisotopic (exact) mass is 441 g/mol. The second kappa shape index (κ2) is 12.5. The third-order valence-corrected chi connectivity index (χ3v) is 6.56. The molecule has 31 heavy (non-hydrogen) atoms. The van der Waals surface area contributed by atoms with Crippen LogP contribution in [0.1, 0.15) is 48.4 Å². The zero-order valence-corrected chi connectivity index (χ0v) is 20.2. The largest absolute Gasteiger partial charge is 0.378 e. The number of carbonyl (C=O) groups is 2. The van der Waals surface area contributed by atoms with Gasteiger partial charge < -0.3 is 15.1 Å². The average molecular weight is 442 g/mol. The van der Waals surface area contributed by atoms with Gasteiger partial charge in [0.25, 0.3) is 0 Å². The third kappa shape index (κ3) is 8.04. The van der Waals surface area contributed by atoms with Gasteiger partial charge in [0, 0.05) is 61.9 Å². The number of rotatable bonds is 12. The number of hydrogen-bond donors (Lipinski definition) is 1. The molecule has 168 valence electrons. The summed E-state index contributed by atoms with van der Waals surface area (Å²) in [6.07, 6.45) is 0.448. The highest BCUT2D eigenvalue weighted by atomic mass is 32.2. The van der Waals surface area contributed by atoms with Crippen LogP contribution in [0.4, 0.5) is 11.4 Å². The Morgan fingerprint density at radius 1 is 0.968 bits per heavy atom. The van der Waals surface area contributed by atoms with Gasteiger partial charge in [-0.25, -0.2) is 0 Å². The van der Waals surface area contributed by atoms with Crippen LogP contribution in [0.25, 0.3) is 0 Å². The molecule has 0 aliphatic carbocycles. The number of benzene rings is 2. The molecule has 0 aromatic heterocycles. The predicted molar refractivity (Wildman–Crippen MR) is 133 cm³/mol. The lowest BCUT2D eigenvalue weighted by Gasteiger charge is -2.22. The van der Waals surface area contributed by atoms with Gasteiger partial charge in [0.05, 0.1) is 0 Å². The molecule has 0 aliphatic rings. The fourth-order valence-corrected chi connectivity index (χ4v) is 4.62. The summed E-state index contributed by atoms with van der Waals surface area (Å²) >= 11 is 1.85. The number of thioether (sulfide) groups is 1. The Hall–Kier alpha value is -2.31. The number of hydrogen-bond acceptors (Lipinski definition) is 5. The summed E-state index contributed by atoms with van der Waals surface area (Å²) in [4.78, 5) is 28.7. The van der Waals surface area contributed by atoms with Gasteiger partial charge in [-0.1, -0.05) is 26.0 Å². The van der Waals surface area contributed by atoms with Crippen molar-refractivity contribution in [1.82, 2.24) is 4.90 Å². The minimum Gasteiger partial charge on any atom is -0.378 e. The van der Waals surface area contributed by atoms with Crippen molar-refractivity contribution in [1.29, 1.82) is 0 Å². The zero-order valence-electron chi connectivity index (χ0n) is 19.4. The second-order valence-corrected chi connectivity index (χ2v) is 9.07. The maximum atomic E-state index is 13.0. The molecule has 6 heteroatoms. The standard InChI is InChI=1S/C25H35N3O2S/c1-6-28(7-2)16-17-31-25(21-10-14-23(15-11-21)27(4)5)18-24(30)20-8-12-22(13-9-20)26-19(3)29/h8-15,25H,6-7,16-18H2,1-5H3,(H,26,29). The Balaban J connectivity index is 2.12. The van der Waals surface area contributed by atoms with Gasteiger partial charge in [-0.3, -0.25) is 9.59 Å². The maximum Gasteiger partial charge on any atom is 0.221 e. The fraction of sp³-hybridized carbons (Fsp3) is 0.440. The average Bonchev–Trinajstić information content (AvgIpc) is 2.76. The van der Waals surface area contributed by atoms with Crippen molar-refractivity contribution in [3.8, 4) is 0 Å². The molecule has 1 N–H and O–H groups in total. The molecule has 0 aliphatic heterocycles. The highest BCUT2D eigenvalue weighted by Crippen LogP contribution is 2.34. The molecule has 1 unspecified atom stereocenters. The Bertz CT molecular complexity index is 831. The molecule has 5 nitrogen and oxygen atoms in total. The molecule has 0 spiro atoms. The van der Waals surface area contributed by atoms with E-state index >= 15 is 0 Å². The van der Waals surface area contributed by atoms with E-state index in [1.165, 1.54) is 12.5 Å². The Morgan fingerprint density at radius 2 is 1.58 bits per heavy atom. The maximum absolute atomic E-state index is 13.0. The first-order valence-corrected chi connectivity index (χ1v) is 11.9. The number of amides is 1. The van der Waals surface area contributed by atoms with Gasteiger partial charge in [0.1, 0.15) is 0 Å². The van der Waals surface area contributed by atoms with Crippen LogP contribution in [0.3, 0.4) is 0 Å². The third-order valence-electron chi connectivity index (χ3n) is 5.30. The lowest BCUT2D eigenvalue weighted by atomic mass is 10.0. The predicted octanol–water partition coefficient (Wildman–Crippen LogP) is 5.10. The number of nitrogens with one attached hydrogen (secondary N) is 1. The van der Waals surface area contributed by atoms with Crippen molar-refractivity contribution in [2.75, 3.05) is 49.7 Å². The van der Waals surface area contributed by atoms with Gasteiger partial charge in [0.15, 0.2) is 5.78 Å². The molecule has 2 aromatic rings. The number of carbonyl (C=O) groups excluding carboxylic acids is 2. The van der Waals surface area contributed by atoms with Crippen molar-refractivity contribution in [3.63, 3.8) is 0 Å². The second-order valence-electron chi connectivity index (χ2n) is 7.76. The van der Waals surface area contributed by atoms with E-state index in [2.05, 4.69) is 53.2 Å². The molecule has 1 atom stereocenters. The van der Waals surface area contributed by atoms with Crippen LogP contribution in [0.15, 0.2) is 48.5 Å².